The quantitative estimate of drug-likeness (QED) is 0.644. The highest BCUT2D eigenvalue weighted by molar-refractivity contribution is 6.28. The van der Waals surface area contributed by atoms with Crippen molar-refractivity contribution < 1.29 is 14.4 Å². The molecule has 0 saturated carbocycles. The summed E-state index contributed by atoms with van der Waals surface area (Å²) in [5.74, 6) is -0.950. The lowest BCUT2D eigenvalue weighted by atomic mass is 9.99. The second-order valence-corrected chi connectivity index (χ2v) is 7.04. The molecule has 2 aromatic rings. The number of benzene rings is 2. The lowest BCUT2D eigenvalue weighted by Gasteiger charge is -2.30. The van der Waals surface area contributed by atoms with E-state index in [1.54, 1.807) is 6.20 Å². The van der Waals surface area contributed by atoms with Crippen molar-refractivity contribution in [2.24, 2.45) is 4.99 Å². The highest BCUT2D eigenvalue weighted by Gasteiger charge is 2.40. The Morgan fingerprint density at radius 3 is 2.72 bits per heavy atom. The standard InChI is InChI=1S/C23H21N3O3/c1-3-6-17(24-11-4-2)15-12-14-7-5-8-18-21(14)16(13-15)23(29)26(18)19-9-10-20(27)25-22(19)28/h3-8,11-13,19H,9-10H2,1-2H3,(H,25,27,28)/b6-3-,11-4-,24-17+. The summed E-state index contributed by atoms with van der Waals surface area (Å²) >= 11 is 0. The number of piperidine rings is 1. The number of carbonyl (C=O) groups is 3. The van der Waals surface area contributed by atoms with Crippen LogP contribution in [0.1, 0.15) is 42.6 Å². The lowest BCUT2D eigenvalue weighted by Crippen LogP contribution is -2.53. The summed E-state index contributed by atoms with van der Waals surface area (Å²) in [5, 5.41) is 4.09. The second kappa shape index (κ2) is 7.47. The molecule has 2 aromatic carbocycles. The van der Waals surface area contributed by atoms with Crippen LogP contribution >= 0.6 is 0 Å². The van der Waals surface area contributed by atoms with Gasteiger partial charge in [-0.3, -0.25) is 29.6 Å². The van der Waals surface area contributed by atoms with Crippen LogP contribution < -0.4 is 10.2 Å². The smallest absolute Gasteiger partial charge is 0.259 e. The first-order chi connectivity index (χ1) is 14.0. The van der Waals surface area contributed by atoms with Crippen molar-refractivity contribution in [2.75, 3.05) is 4.90 Å². The second-order valence-electron chi connectivity index (χ2n) is 7.04. The third-order valence-electron chi connectivity index (χ3n) is 5.17. The van der Waals surface area contributed by atoms with E-state index in [0.29, 0.717) is 17.7 Å². The molecule has 4 rings (SSSR count). The maximum Gasteiger partial charge on any atom is 0.259 e. The van der Waals surface area contributed by atoms with Crippen LogP contribution in [0.25, 0.3) is 10.8 Å². The van der Waals surface area contributed by atoms with Gasteiger partial charge in [-0.05, 0) is 49.9 Å². The van der Waals surface area contributed by atoms with Crippen LogP contribution in [0.2, 0.25) is 0 Å². The normalized spacial score (nSPS) is 19.8. The van der Waals surface area contributed by atoms with Gasteiger partial charge in [0.15, 0.2) is 0 Å². The predicted molar refractivity (Wildman–Crippen MR) is 113 cm³/mol. The maximum absolute atomic E-state index is 13.3. The molecule has 1 atom stereocenters. The summed E-state index contributed by atoms with van der Waals surface area (Å²) in [4.78, 5) is 43.3. The van der Waals surface area contributed by atoms with Crippen molar-refractivity contribution in [3.63, 3.8) is 0 Å². The molecule has 6 nitrogen and oxygen atoms in total. The molecule has 146 valence electrons. The van der Waals surface area contributed by atoms with E-state index in [1.807, 2.05) is 62.4 Å². The van der Waals surface area contributed by atoms with Gasteiger partial charge in [0, 0.05) is 23.6 Å². The van der Waals surface area contributed by atoms with Crippen molar-refractivity contribution in [3.8, 4) is 0 Å². The van der Waals surface area contributed by atoms with Crippen LogP contribution in [0.15, 0.2) is 59.8 Å². The Morgan fingerprint density at radius 1 is 1.17 bits per heavy atom. The van der Waals surface area contributed by atoms with Gasteiger partial charge in [-0.25, -0.2) is 0 Å². The molecule has 0 spiro atoms. The summed E-state index contributed by atoms with van der Waals surface area (Å²) in [5.41, 5.74) is 2.85. The van der Waals surface area contributed by atoms with E-state index in [4.69, 9.17) is 0 Å². The van der Waals surface area contributed by atoms with Gasteiger partial charge in [-0.15, -0.1) is 0 Å². The number of aliphatic imine (C=N–C) groups is 1. The molecule has 1 fully saturated rings. The zero-order valence-electron chi connectivity index (χ0n) is 16.3. The Bertz CT molecular complexity index is 1130. The number of nitrogens with one attached hydrogen (secondary N) is 1. The van der Waals surface area contributed by atoms with E-state index in [2.05, 4.69) is 10.3 Å². The van der Waals surface area contributed by atoms with Gasteiger partial charge in [-0.1, -0.05) is 24.3 Å². The molecule has 2 aliphatic rings. The Hall–Kier alpha value is -3.54. The third kappa shape index (κ3) is 3.16. The van der Waals surface area contributed by atoms with Crippen LogP contribution in [-0.4, -0.2) is 29.5 Å². The maximum atomic E-state index is 13.3. The van der Waals surface area contributed by atoms with Crippen molar-refractivity contribution in [3.05, 3.63) is 65.9 Å². The number of hydrogen-bond donors (Lipinski definition) is 1. The highest BCUT2D eigenvalue weighted by atomic mass is 16.2. The van der Waals surface area contributed by atoms with Gasteiger partial charge < -0.3 is 0 Å². The van der Waals surface area contributed by atoms with Crippen LogP contribution in [-0.2, 0) is 9.59 Å². The van der Waals surface area contributed by atoms with Gasteiger partial charge >= 0.3 is 0 Å². The molecular formula is C23H21N3O3. The van der Waals surface area contributed by atoms with E-state index in [1.165, 1.54) is 4.90 Å². The number of hydrogen-bond acceptors (Lipinski definition) is 4. The molecule has 29 heavy (non-hydrogen) atoms. The van der Waals surface area contributed by atoms with Crippen LogP contribution in [0, 0.1) is 0 Å². The van der Waals surface area contributed by atoms with Gasteiger partial charge in [0.05, 0.1) is 17.0 Å². The molecule has 0 radical (unpaired) electrons. The van der Waals surface area contributed by atoms with Gasteiger partial charge in [-0.2, -0.15) is 0 Å². The summed E-state index contributed by atoms with van der Waals surface area (Å²) in [7, 11) is 0. The minimum atomic E-state index is -0.687. The first-order valence-corrected chi connectivity index (χ1v) is 9.61. The van der Waals surface area contributed by atoms with E-state index < -0.39 is 11.9 Å². The Balaban J connectivity index is 1.85. The average Bonchev–Trinajstić information content (AvgIpc) is 2.99. The average molecular weight is 387 g/mol. The van der Waals surface area contributed by atoms with E-state index in [0.717, 1.165) is 22.0 Å². The Labute approximate surface area is 168 Å². The molecule has 6 heteroatoms. The zero-order valence-corrected chi connectivity index (χ0v) is 16.3. The fourth-order valence-corrected chi connectivity index (χ4v) is 3.93. The molecule has 2 aliphatic heterocycles. The molecule has 1 N–H and O–H groups in total. The molecule has 1 saturated heterocycles. The molecule has 0 bridgehead atoms. The number of imide groups is 1. The number of amides is 3. The third-order valence-corrected chi connectivity index (χ3v) is 5.17. The first-order valence-electron chi connectivity index (χ1n) is 9.61. The van der Waals surface area contributed by atoms with E-state index >= 15 is 0 Å². The van der Waals surface area contributed by atoms with Crippen molar-refractivity contribution in [2.45, 2.75) is 32.7 Å². The van der Waals surface area contributed by atoms with Crippen LogP contribution in [0.5, 0.6) is 0 Å². The lowest BCUT2D eigenvalue weighted by molar-refractivity contribution is -0.134. The van der Waals surface area contributed by atoms with Crippen LogP contribution in [0.4, 0.5) is 5.69 Å². The topological polar surface area (TPSA) is 78.8 Å². The molecular weight excluding hydrogens is 366 g/mol. The summed E-state index contributed by atoms with van der Waals surface area (Å²) in [6.45, 7) is 3.81. The largest absolute Gasteiger partial charge is 0.295 e. The number of anilines is 1. The van der Waals surface area contributed by atoms with E-state index in [-0.39, 0.29) is 18.2 Å². The molecule has 3 amide bonds. The molecule has 2 heterocycles. The minimum absolute atomic E-state index is 0.221. The van der Waals surface area contributed by atoms with Gasteiger partial charge in [0.25, 0.3) is 5.91 Å². The van der Waals surface area contributed by atoms with Gasteiger partial charge in [0.2, 0.25) is 11.8 Å². The summed E-state index contributed by atoms with van der Waals surface area (Å²) in [6.07, 6.45) is 7.90. The van der Waals surface area contributed by atoms with Crippen molar-refractivity contribution in [1.29, 1.82) is 0 Å². The molecule has 0 aliphatic carbocycles. The Kier molecular flexibility index (Phi) is 4.84. The zero-order chi connectivity index (χ0) is 20.5. The number of rotatable bonds is 4. The number of carbonyl (C=O) groups excluding carboxylic acids is 3. The fourth-order valence-electron chi connectivity index (χ4n) is 3.93. The predicted octanol–water partition coefficient (Wildman–Crippen LogP) is 3.50. The first kappa shape index (κ1) is 18.8. The monoisotopic (exact) mass is 387 g/mol. The molecule has 1 unspecified atom stereocenters. The van der Waals surface area contributed by atoms with Crippen molar-refractivity contribution in [1.82, 2.24) is 5.32 Å². The minimum Gasteiger partial charge on any atom is -0.295 e. The fraction of sp³-hybridized carbons (Fsp3) is 0.217. The van der Waals surface area contributed by atoms with E-state index in [9.17, 15) is 14.4 Å². The highest BCUT2D eigenvalue weighted by Crippen LogP contribution is 2.40. The Morgan fingerprint density at radius 2 is 2.00 bits per heavy atom. The molecule has 0 aromatic heterocycles. The summed E-state index contributed by atoms with van der Waals surface area (Å²) in [6, 6.07) is 8.83. The SMILES string of the molecule is C\C=C/N=C(\C=C/C)c1cc2c3c(cccc3c1)N(C1CCC(=O)NC1=O)C2=O. The van der Waals surface area contributed by atoms with Gasteiger partial charge in [0.1, 0.15) is 6.04 Å². The number of nitrogens with zero attached hydrogens (tertiary/aromatic N) is 2. The number of allylic oxidation sites excluding steroid dienone is 3. The summed E-state index contributed by atoms with van der Waals surface area (Å²) < 4.78 is 0. The van der Waals surface area contributed by atoms with Crippen LogP contribution in [0.3, 0.4) is 0 Å². The van der Waals surface area contributed by atoms with Crippen molar-refractivity contribution >= 4 is 39.9 Å².